The third kappa shape index (κ3) is 6.71. The molecule has 1 rings (SSSR count). The molecular formula is C12H23N3OS. The summed E-state index contributed by atoms with van der Waals surface area (Å²) >= 11 is 1.67. The van der Waals surface area contributed by atoms with Crippen molar-refractivity contribution in [1.82, 2.24) is 15.5 Å². The second kappa shape index (κ2) is 7.03. The first-order chi connectivity index (χ1) is 8.01. The Hall–Kier alpha value is -0.520. The van der Waals surface area contributed by atoms with Crippen molar-refractivity contribution in [2.45, 2.75) is 52.6 Å². The van der Waals surface area contributed by atoms with Crippen LogP contribution in [0.2, 0.25) is 0 Å². The molecule has 0 aliphatic carbocycles. The maximum atomic E-state index is 5.43. The number of ether oxygens (including phenoxy) is 1. The minimum Gasteiger partial charge on any atom is -0.381 e. The molecule has 0 unspecified atom stereocenters. The summed E-state index contributed by atoms with van der Waals surface area (Å²) in [6.45, 7) is 10.9. The van der Waals surface area contributed by atoms with Gasteiger partial charge in [-0.3, -0.25) is 0 Å². The Morgan fingerprint density at radius 1 is 1.18 bits per heavy atom. The fourth-order valence-electron chi connectivity index (χ4n) is 1.21. The molecule has 1 heterocycles. The van der Waals surface area contributed by atoms with Crippen molar-refractivity contribution in [1.29, 1.82) is 0 Å². The van der Waals surface area contributed by atoms with E-state index in [9.17, 15) is 0 Å². The molecule has 0 amide bonds. The number of aromatic nitrogens is 2. The van der Waals surface area contributed by atoms with Gasteiger partial charge >= 0.3 is 0 Å². The maximum absolute atomic E-state index is 5.43. The summed E-state index contributed by atoms with van der Waals surface area (Å²) in [5.41, 5.74) is 0.121. The molecule has 5 heteroatoms. The highest BCUT2D eigenvalue weighted by atomic mass is 32.1. The molecule has 1 N–H and O–H groups in total. The van der Waals surface area contributed by atoms with Gasteiger partial charge in [-0.1, -0.05) is 6.92 Å². The van der Waals surface area contributed by atoms with Gasteiger partial charge in [-0.25, -0.2) is 0 Å². The predicted molar refractivity (Wildman–Crippen MR) is 71.3 cm³/mol. The Labute approximate surface area is 108 Å². The van der Waals surface area contributed by atoms with E-state index in [0.29, 0.717) is 0 Å². The Morgan fingerprint density at radius 2 is 1.88 bits per heavy atom. The highest BCUT2D eigenvalue weighted by Gasteiger charge is 2.10. The SMILES string of the molecule is CCCOCCc1nnc(CNC(C)(C)C)s1. The molecule has 98 valence electrons. The highest BCUT2D eigenvalue weighted by Crippen LogP contribution is 2.11. The number of nitrogens with zero attached hydrogens (tertiary/aromatic N) is 2. The minimum absolute atomic E-state index is 0.121. The van der Waals surface area contributed by atoms with Crippen LogP contribution in [-0.2, 0) is 17.7 Å². The Morgan fingerprint density at radius 3 is 2.53 bits per heavy atom. The first-order valence-corrected chi connectivity index (χ1v) is 6.97. The van der Waals surface area contributed by atoms with E-state index in [-0.39, 0.29) is 5.54 Å². The van der Waals surface area contributed by atoms with E-state index in [4.69, 9.17) is 4.74 Å². The highest BCUT2D eigenvalue weighted by molar-refractivity contribution is 7.11. The van der Waals surface area contributed by atoms with Crippen molar-refractivity contribution < 1.29 is 4.74 Å². The number of nitrogens with one attached hydrogen (secondary N) is 1. The van der Waals surface area contributed by atoms with Crippen LogP contribution in [0.1, 0.15) is 44.1 Å². The van der Waals surface area contributed by atoms with Crippen LogP contribution in [-0.4, -0.2) is 29.0 Å². The van der Waals surface area contributed by atoms with Gasteiger partial charge in [-0.2, -0.15) is 0 Å². The van der Waals surface area contributed by atoms with Crippen LogP contribution in [0.25, 0.3) is 0 Å². The molecule has 0 aliphatic rings. The topological polar surface area (TPSA) is 47.0 Å². The van der Waals surface area contributed by atoms with Crippen LogP contribution in [0.5, 0.6) is 0 Å². The van der Waals surface area contributed by atoms with Crippen molar-refractivity contribution in [2.24, 2.45) is 0 Å². The molecular weight excluding hydrogens is 234 g/mol. The molecule has 0 aromatic carbocycles. The Kier molecular flexibility index (Phi) is 6.02. The molecule has 0 spiro atoms. The molecule has 17 heavy (non-hydrogen) atoms. The van der Waals surface area contributed by atoms with E-state index < -0.39 is 0 Å². The van der Waals surface area contributed by atoms with Gasteiger partial charge in [-0.15, -0.1) is 21.5 Å². The minimum atomic E-state index is 0.121. The zero-order chi connectivity index (χ0) is 12.7. The molecule has 0 fully saturated rings. The van der Waals surface area contributed by atoms with Gasteiger partial charge < -0.3 is 10.1 Å². The van der Waals surface area contributed by atoms with Crippen LogP contribution < -0.4 is 5.32 Å². The van der Waals surface area contributed by atoms with Crippen molar-refractivity contribution >= 4 is 11.3 Å². The maximum Gasteiger partial charge on any atom is 0.131 e. The van der Waals surface area contributed by atoms with Crippen molar-refractivity contribution in [2.75, 3.05) is 13.2 Å². The molecule has 0 bridgehead atoms. The van der Waals surface area contributed by atoms with Gasteiger partial charge in [0.25, 0.3) is 0 Å². The van der Waals surface area contributed by atoms with Crippen molar-refractivity contribution in [3.63, 3.8) is 0 Å². The summed E-state index contributed by atoms with van der Waals surface area (Å²) in [4.78, 5) is 0. The first kappa shape index (κ1) is 14.5. The van der Waals surface area contributed by atoms with Gasteiger partial charge in [0, 0.05) is 18.6 Å². The van der Waals surface area contributed by atoms with Gasteiger partial charge in [0.05, 0.1) is 13.2 Å². The number of rotatable bonds is 7. The van der Waals surface area contributed by atoms with Gasteiger partial charge in [0.15, 0.2) is 0 Å². The lowest BCUT2D eigenvalue weighted by atomic mass is 10.1. The molecule has 0 atom stereocenters. The van der Waals surface area contributed by atoms with Crippen LogP contribution in [0.15, 0.2) is 0 Å². The molecule has 0 saturated heterocycles. The third-order valence-corrected chi connectivity index (χ3v) is 3.07. The quantitative estimate of drug-likeness (QED) is 0.762. The van der Waals surface area contributed by atoms with E-state index in [0.717, 1.165) is 42.6 Å². The summed E-state index contributed by atoms with van der Waals surface area (Å²) in [6.07, 6.45) is 1.93. The summed E-state index contributed by atoms with van der Waals surface area (Å²) in [5.74, 6) is 0. The van der Waals surface area contributed by atoms with E-state index in [1.807, 2.05) is 0 Å². The Balaban J connectivity index is 2.28. The molecule has 0 saturated carbocycles. The molecule has 0 aliphatic heterocycles. The Bertz CT molecular complexity index is 320. The van der Waals surface area contributed by atoms with Crippen molar-refractivity contribution in [3.8, 4) is 0 Å². The zero-order valence-corrected chi connectivity index (χ0v) is 12.1. The van der Waals surface area contributed by atoms with E-state index in [1.54, 1.807) is 11.3 Å². The molecule has 1 aromatic heterocycles. The molecule has 4 nitrogen and oxygen atoms in total. The molecule has 0 radical (unpaired) electrons. The van der Waals surface area contributed by atoms with Crippen LogP contribution in [0, 0.1) is 0 Å². The third-order valence-electron chi connectivity index (χ3n) is 2.09. The summed E-state index contributed by atoms with van der Waals surface area (Å²) < 4.78 is 5.43. The lowest BCUT2D eigenvalue weighted by molar-refractivity contribution is 0.138. The average molecular weight is 257 g/mol. The summed E-state index contributed by atoms with van der Waals surface area (Å²) in [6, 6.07) is 0. The van der Waals surface area contributed by atoms with Crippen molar-refractivity contribution in [3.05, 3.63) is 10.0 Å². The van der Waals surface area contributed by atoms with E-state index in [2.05, 4.69) is 43.2 Å². The fourth-order valence-corrected chi connectivity index (χ4v) is 1.97. The normalized spacial score (nSPS) is 12.0. The smallest absolute Gasteiger partial charge is 0.131 e. The predicted octanol–water partition coefficient (Wildman–Crippen LogP) is 2.40. The molecule has 1 aromatic rings. The van der Waals surface area contributed by atoms with E-state index in [1.165, 1.54) is 0 Å². The van der Waals surface area contributed by atoms with Crippen LogP contribution in [0.4, 0.5) is 0 Å². The summed E-state index contributed by atoms with van der Waals surface area (Å²) in [7, 11) is 0. The van der Waals surface area contributed by atoms with Gasteiger partial charge in [0.2, 0.25) is 0 Å². The number of hydrogen-bond donors (Lipinski definition) is 1. The van der Waals surface area contributed by atoms with Crippen LogP contribution in [0.3, 0.4) is 0 Å². The lowest BCUT2D eigenvalue weighted by Gasteiger charge is -2.19. The average Bonchev–Trinajstić information content (AvgIpc) is 2.69. The monoisotopic (exact) mass is 257 g/mol. The summed E-state index contributed by atoms with van der Waals surface area (Å²) in [5, 5.41) is 13.8. The first-order valence-electron chi connectivity index (χ1n) is 6.15. The second-order valence-electron chi connectivity index (χ2n) is 5.06. The fraction of sp³-hybridized carbons (Fsp3) is 0.833. The van der Waals surface area contributed by atoms with Crippen LogP contribution >= 0.6 is 11.3 Å². The second-order valence-corrected chi connectivity index (χ2v) is 6.20. The largest absolute Gasteiger partial charge is 0.381 e. The van der Waals surface area contributed by atoms with Gasteiger partial charge in [-0.05, 0) is 27.2 Å². The lowest BCUT2D eigenvalue weighted by Crippen LogP contribution is -2.35. The zero-order valence-electron chi connectivity index (χ0n) is 11.2. The van der Waals surface area contributed by atoms with Gasteiger partial charge in [0.1, 0.15) is 10.0 Å². The van der Waals surface area contributed by atoms with E-state index >= 15 is 0 Å². The number of hydrogen-bond acceptors (Lipinski definition) is 5. The standard InChI is InChI=1S/C12H23N3OS/c1-5-7-16-8-6-10-14-15-11(17-10)9-13-12(2,3)4/h13H,5-9H2,1-4H3.